The average molecular weight is 387 g/mol. The Morgan fingerprint density at radius 3 is 2.76 bits per heavy atom. The molecular weight excluding hydrogens is 377 g/mol. The molecule has 0 saturated heterocycles. The van der Waals surface area contributed by atoms with Gasteiger partial charge in [0.2, 0.25) is 0 Å². The van der Waals surface area contributed by atoms with Crippen LogP contribution >= 0.6 is 38.9 Å². The van der Waals surface area contributed by atoms with Gasteiger partial charge in [0, 0.05) is 5.56 Å². The highest BCUT2D eigenvalue weighted by atomic mass is 79.9. The van der Waals surface area contributed by atoms with Crippen LogP contribution in [0.25, 0.3) is 21.7 Å². The maximum Gasteiger partial charge on any atom is 0.153 e. The number of halogens is 3. The number of aromatic amines is 1. The Hall–Kier alpha value is -1.37. The number of nitrogens with zero attached hydrogens (tertiary/aromatic N) is 1. The van der Waals surface area contributed by atoms with Gasteiger partial charge < -0.3 is 5.73 Å². The van der Waals surface area contributed by atoms with E-state index in [1.807, 2.05) is 13.0 Å². The quantitative estimate of drug-likeness (QED) is 0.632. The van der Waals surface area contributed by atoms with E-state index >= 15 is 0 Å². The number of nitrogens with two attached hydrogens (primary N) is 1. The predicted octanol–water partition coefficient (Wildman–Crippen LogP) is 5.25. The Bertz CT molecular complexity index is 808. The lowest BCUT2D eigenvalue weighted by atomic mass is 10.0. The third kappa shape index (κ3) is 2.59. The molecule has 0 atom stereocenters. The first-order valence-corrected chi connectivity index (χ1v) is 8.01. The second-order valence-electron chi connectivity index (χ2n) is 4.55. The molecule has 0 saturated carbocycles. The zero-order chi connectivity index (χ0) is 15.1. The highest BCUT2D eigenvalue weighted by molar-refractivity contribution is 9.11. The molecule has 7 heteroatoms. The predicted molar refractivity (Wildman–Crippen MR) is 89.2 cm³/mol. The van der Waals surface area contributed by atoms with Gasteiger partial charge in [-0.3, -0.25) is 5.10 Å². The number of nitrogen functional groups attached to an aromatic ring is 1. The van der Waals surface area contributed by atoms with Crippen molar-refractivity contribution in [3.05, 3.63) is 44.5 Å². The summed E-state index contributed by atoms with van der Waals surface area (Å²) in [5.41, 5.74) is 9.21. The molecule has 1 aromatic carbocycles. The van der Waals surface area contributed by atoms with E-state index in [-0.39, 0.29) is 5.82 Å². The van der Waals surface area contributed by atoms with Crippen LogP contribution in [0.4, 0.5) is 10.2 Å². The smallest absolute Gasteiger partial charge is 0.153 e. The van der Waals surface area contributed by atoms with E-state index in [9.17, 15) is 4.39 Å². The zero-order valence-electron chi connectivity index (χ0n) is 10.9. The summed E-state index contributed by atoms with van der Waals surface area (Å²) in [6.07, 6.45) is 0. The summed E-state index contributed by atoms with van der Waals surface area (Å²) in [7, 11) is 0. The first-order valence-electron chi connectivity index (χ1n) is 6.03. The summed E-state index contributed by atoms with van der Waals surface area (Å²) >= 11 is 11.2. The van der Waals surface area contributed by atoms with Crippen LogP contribution < -0.4 is 5.73 Å². The van der Waals surface area contributed by atoms with Crippen molar-refractivity contribution in [1.29, 1.82) is 0 Å². The summed E-state index contributed by atoms with van der Waals surface area (Å²) in [6.45, 7) is 2.01. The lowest BCUT2D eigenvalue weighted by Gasteiger charge is -2.05. The lowest BCUT2D eigenvalue weighted by Crippen LogP contribution is -1.90. The van der Waals surface area contributed by atoms with Gasteiger partial charge in [-0.25, -0.2) is 4.39 Å². The third-order valence-electron chi connectivity index (χ3n) is 3.10. The molecule has 0 aliphatic rings. The van der Waals surface area contributed by atoms with Crippen molar-refractivity contribution in [3.63, 3.8) is 0 Å². The Morgan fingerprint density at radius 2 is 2.14 bits per heavy atom. The van der Waals surface area contributed by atoms with E-state index in [1.165, 1.54) is 12.1 Å². The van der Waals surface area contributed by atoms with Gasteiger partial charge in [-0.2, -0.15) is 5.10 Å². The fourth-order valence-electron chi connectivity index (χ4n) is 2.08. The Balaban J connectivity index is 2.21. The molecule has 0 radical (unpaired) electrons. The summed E-state index contributed by atoms with van der Waals surface area (Å²) in [5, 5.41) is 7.30. The summed E-state index contributed by atoms with van der Waals surface area (Å²) in [4.78, 5) is 0.985. The van der Waals surface area contributed by atoms with Crippen molar-refractivity contribution < 1.29 is 4.39 Å². The molecular formula is C14H10BrClFN3S. The fourth-order valence-corrected chi connectivity index (χ4v) is 3.88. The van der Waals surface area contributed by atoms with Gasteiger partial charge in [-0.05, 0) is 52.7 Å². The van der Waals surface area contributed by atoms with Crippen molar-refractivity contribution in [2.75, 3.05) is 5.73 Å². The van der Waals surface area contributed by atoms with E-state index in [2.05, 4.69) is 26.1 Å². The number of anilines is 1. The Labute approximate surface area is 138 Å². The molecule has 0 amide bonds. The van der Waals surface area contributed by atoms with Crippen LogP contribution in [0.1, 0.15) is 5.56 Å². The standard InChI is InChI=1S/C14H10BrClFN3S/c1-6-4-10(21-13(6)15)12-11(14(18)20-19-12)8-3-2-7(17)5-9(8)16/h2-5H,1H3,(H3,18,19,20). The number of H-pyrrole nitrogens is 1. The van der Waals surface area contributed by atoms with Crippen molar-refractivity contribution >= 4 is 44.7 Å². The molecule has 3 N–H and O–H groups in total. The molecule has 21 heavy (non-hydrogen) atoms. The van der Waals surface area contributed by atoms with Crippen LogP contribution in [-0.4, -0.2) is 10.2 Å². The topological polar surface area (TPSA) is 54.7 Å². The van der Waals surface area contributed by atoms with Crippen molar-refractivity contribution in [1.82, 2.24) is 10.2 Å². The highest BCUT2D eigenvalue weighted by Gasteiger charge is 2.19. The molecule has 0 spiro atoms. The van der Waals surface area contributed by atoms with Gasteiger partial charge in [-0.1, -0.05) is 11.6 Å². The van der Waals surface area contributed by atoms with Crippen LogP contribution in [-0.2, 0) is 0 Å². The number of nitrogens with one attached hydrogen (secondary N) is 1. The first kappa shape index (κ1) is 14.6. The van der Waals surface area contributed by atoms with Crippen molar-refractivity contribution in [2.24, 2.45) is 0 Å². The molecule has 0 aliphatic heterocycles. The monoisotopic (exact) mass is 385 g/mol. The number of aromatic nitrogens is 2. The summed E-state index contributed by atoms with van der Waals surface area (Å²) < 4.78 is 14.3. The summed E-state index contributed by atoms with van der Waals surface area (Å²) in [6, 6.07) is 6.26. The minimum atomic E-state index is -0.387. The van der Waals surface area contributed by atoms with Gasteiger partial charge in [-0.15, -0.1) is 11.3 Å². The number of aryl methyl sites for hydroxylation is 1. The van der Waals surface area contributed by atoms with E-state index in [1.54, 1.807) is 17.4 Å². The van der Waals surface area contributed by atoms with Gasteiger partial charge in [0.15, 0.2) is 5.82 Å². The average Bonchev–Trinajstić information content (AvgIpc) is 2.94. The third-order valence-corrected chi connectivity index (χ3v) is 5.57. The van der Waals surface area contributed by atoms with Gasteiger partial charge in [0.05, 0.1) is 24.9 Å². The maximum absolute atomic E-state index is 13.2. The molecule has 0 bridgehead atoms. The van der Waals surface area contributed by atoms with Crippen LogP contribution in [0.5, 0.6) is 0 Å². The summed E-state index contributed by atoms with van der Waals surface area (Å²) in [5.74, 6) is -0.0530. The largest absolute Gasteiger partial charge is 0.382 e. The van der Waals surface area contributed by atoms with E-state index in [0.29, 0.717) is 22.0 Å². The zero-order valence-corrected chi connectivity index (χ0v) is 14.0. The molecule has 3 rings (SSSR count). The fraction of sp³-hybridized carbons (Fsp3) is 0.0714. The number of rotatable bonds is 2. The van der Waals surface area contributed by atoms with Gasteiger partial charge in [0.1, 0.15) is 5.82 Å². The number of hydrogen-bond acceptors (Lipinski definition) is 3. The van der Waals surface area contributed by atoms with E-state index in [4.69, 9.17) is 17.3 Å². The van der Waals surface area contributed by atoms with E-state index < -0.39 is 0 Å². The molecule has 0 unspecified atom stereocenters. The molecule has 0 aliphatic carbocycles. The number of benzene rings is 1. The molecule has 108 valence electrons. The number of thiophene rings is 1. The van der Waals surface area contributed by atoms with Gasteiger partial charge in [0.25, 0.3) is 0 Å². The van der Waals surface area contributed by atoms with Crippen LogP contribution in [0.3, 0.4) is 0 Å². The minimum Gasteiger partial charge on any atom is -0.382 e. The maximum atomic E-state index is 13.2. The highest BCUT2D eigenvalue weighted by Crippen LogP contribution is 2.42. The minimum absolute atomic E-state index is 0.302. The normalized spacial score (nSPS) is 11.0. The molecule has 2 heterocycles. The van der Waals surface area contributed by atoms with Crippen molar-refractivity contribution in [3.8, 4) is 21.7 Å². The van der Waals surface area contributed by atoms with Gasteiger partial charge >= 0.3 is 0 Å². The Morgan fingerprint density at radius 1 is 1.38 bits per heavy atom. The van der Waals surface area contributed by atoms with Crippen LogP contribution in [0.2, 0.25) is 5.02 Å². The van der Waals surface area contributed by atoms with E-state index in [0.717, 1.165) is 19.9 Å². The molecule has 3 nitrogen and oxygen atoms in total. The SMILES string of the molecule is Cc1cc(-c2[nH]nc(N)c2-c2ccc(F)cc2Cl)sc1Br. The molecule has 3 aromatic rings. The van der Waals surface area contributed by atoms with Crippen LogP contribution in [0, 0.1) is 12.7 Å². The lowest BCUT2D eigenvalue weighted by molar-refractivity contribution is 0.628. The molecule has 0 fully saturated rings. The van der Waals surface area contributed by atoms with Crippen LogP contribution in [0.15, 0.2) is 28.1 Å². The second kappa shape index (κ2) is 5.44. The van der Waals surface area contributed by atoms with Crippen molar-refractivity contribution in [2.45, 2.75) is 6.92 Å². The second-order valence-corrected chi connectivity index (χ2v) is 7.33. The number of hydrogen-bond donors (Lipinski definition) is 2. The molecule has 2 aromatic heterocycles. The Kier molecular flexibility index (Phi) is 3.77. The first-order chi connectivity index (χ1) is 9.97.